The molecule has 0 saturated carbocycles. The first-order valence-electron chi connectivity index (χ1n) is 4.72. The van der Waals surface area contributed by atoms with E-state index in [1.807, 2.05) is 18.2 Å². The smallest absolute Gasteiger partial charge is 1.00 e. The van der Waals surface area contributed by atoms with Crippen LogP contribution < -0.4 is 24.8 Å². The predicted molar refractivity (Wildman–Crippen MR) is 63.1 cm³/mol. The summed E-state index contributed by atoms with van der Waals surface area (Å²) in [4.78, 5) is 8.66. The van der Waals surface area contributed by atoms with Crippen molar-refractivity contribution in [2.24, 2.45) is 4.99 Å². The molecule has 18 heavy (non-hydrogen) atoms. The largest absolute Gasteiger partial charge is 2.00 e. The average molecular weight is 462 g/mol. The van der Waals surface area contributed by atoms with E-state index < -0.39 is 0 Å². The summed E-state index contributed by atoms with van der Waals surface area (Å²) in [5.41, 5.74) is 4.31. The third-order valence-corrected chi connectivity index (χ3v) is 2.41. The molecule has 0 aromatic carbocycles. The molecule has 0 N–H and O–H groups in total. The van der Waals surface area contributed by atoms with Crippen LogP contribution in [0.1, 0.15) is 5.69 Å². The molecule has 0 amide bonds. The van der Waals surface area contributed by atoms with Crippen LogP contribution in [-0.2, 0) is 21.1 Å². The molecular formula is C13H12Cl2N2Pt. The molecule has 0 saturated heterocycles. The molecule has 2 nitrogen and oxygen atoms in total. The maximum absolute atomic E-state index is 4.41. The Balaban J connectivity index is 0. The van der Waals surface area contributed by atoms with E-state index in [-0.39, 0.29) is 45.9 Å². The summed E-state index contributed by atoms with van der Waals surface area (Å²) in [6.45, 7) is 12.4. The van der Waals surface area contributed by atoms with Crippen LogP contribution in [0.5, 0.6) is 0 Å². The number of hydrogen-bond donors (Lipinski definition) is 0. The number of aliphatic imine (C=N–C) groups is 1. The van der Waals surface area contributed by atoms with Gasteiger partial charge in [-0.3, -0.25) is 9.98 Å². The van der Waals surface area contributed by atoms with Crippen molar-refractivity contribution in [3.8, 4) is 0 Å². The van der Waals surface area contributed by atoms with Crippen LogP contribution in [0.25, 0.3) is 0 Å². The minimum absolute atomic E-state index is 0. The number of nitrogens with zero attached hydrogens (tertiary/aromatic N) is 2. The Morgan fingerprint density at radius 3 is 2.22 bits per heavy atom. The third-order valence-electron chi connectivity index (χ3n) is 2.41. The first-order chi connectivity index (χ1) is 7.20. The van der Waals surface area contributed by atoms with Crippen molar-refractivity contribution < 1.29 is 45.9 Å². The molecule has 0 spiro atoms. The molecule has 1 aromatic rings. The first kappa shape index (κ1) is 19.6. The Morgan fingerprint density at radius 1 is 1.00 bits per heavy atom. The van der Waals surface area contributed by atoms with E-state index in [2.05, 4.69) is 29.7 Å². The zero-order chi connectivity index (χ0) is 10.8. The molecule has 0 aliphatic carbocycles. The van der Waals surface area contributed by atoms with E-state index >= 15 is 0 Å². The first-order valence-corrected chi connectivity index (χ1v) is 4.72. The monoisotopic (exact) mass is 461 g/mol. The molecule has 1 aromatic heterocycles. The maximum atomic E-state index is 4.41. The molecule has 0 bridgehead atoms. The second-order valence-corrected chi connectivity index (χ2v) is 3.44. The topological polar surface area (TPSA) is 25.2 Å². The molecule has 0 radical (unpaired) electrons. The molecule has 98 valence electrons. The van der Waals surface area contributed by atoms with Crippen LogP contribution in [0.2, 0.25) is 0 Å². The van der Waals surface area contributed by atoms with Gasteiger partial charge >= 0.3 is 21.1 Å². The fraction of sp³-hybridized carbons (Fsp3) is 0.0769. The van der Waals surface area contributed by atoms with Crippen molar-refractivity contribution in [3.63, 3.8) is 0 Å². The van der Waals surface area contributed by atoms with Crippen molar-refractivity contribution in [1.82, 2.24) is 4.98 Å². The van der Waals surface area contributed by atoms with Gasteiger partial charge in [-0.2, -0.15) is 0 Å². The van der Waals surface area contributed by atoms with E-state index in [1.165, 1.54) is 0 Å². The van der Waals surface area contributed by atoms with Gasteiger partial charge in [-0.05, 0) is 23.3 Å². The molecule has 1 aliphatic heterocycles. The summed E-state index contributed by atoms with van der Waals surface area (Å²) in [5.74, 6) is 0. The second kappa shape index (κ2) is 8.42. The zero-order valence-electron chi connectivity index (χ0n) is 9.60. The van der Waals surface area contributed by atoms with Crippen LogP contribution in [0.3, 0.4) is 0 Å². The SMILES string of the molecule is C=C1CN=C(c2ccccn2)C(=C)C1=C.[Cl-].[Cl-].[Pt+2]. The Kier molecular flexibility index (Phi) is 9.19. The van der Waals surface area contributed by atoms with E-state index in [4.69, 9.17) is 0 Å². The summed E-state index contributed by atoms with van der Waals surface area (Å²) in [5, 5.41) is 0. The van der Waals surface area contributed by atoms with Crippen LogP contribution in [0.4, 0.5) is 0 Å². The molecule has 0 unspecified atom stereocenters. The van der Waals surface area contributed by atoms with Gasteiger partial charge in [0.25, 0.3) is 0 Å². The quantitative estimate of drug-likeness (QED) is 0.427. The molecule has 0 fully saturated rings. The van der Waals surface area contributed by atoms with Gasteiger partial charge in [0.05, 0.1) is 18.0 Å². The van der Waals surface area contributed by atoms with Crippen molar-refractivity contribution in [3.05, 3.63) is 66.5 Å². The van der Waals surface area contributed by atoms with Gasteiger partial charge in [-0.15, -0.1) is 0 Å². The zero-order valence-corrected chi connectivity index (χ0v) is 13.4. The molecule has 0 atom stereocenters. The Hall–Kier alpha value is -0.692. The number of aromatic nitrogens is 1. The van der Waals surface area contributed by atoms with Crippen molar-refractivity contribution in [1.29, 1.82) is 0 Å². The van der Waals surface area contributed by atoms with Gasteiger partial charge < -0.3 is 24.8 Å². The normalized spacial score (nSPS) is 13.8. The van der Waals surface area contributed by atoms with E-state index in [0.29, 0.717) is 6.54 Å². The Morgan fingerprint density at radius 2 is 1.67 bits per heavy atom. The second-order valence-electron chi connectivity index (χ2n) is 3.44. The van der Waals surface area contributed by atoms with Crippen LogP contribution in [-0.4, -0.2) is 17.2 Å². The standard InChI is InChI=1S/C13H12N2.2ClH.Pt/c1-9-8-15-13(11(3)10(9)2)12-6-4-5-7-14-12;;;/h4-7H,1-3,8H2;2*1H;/q;;;+2/p-2. The molecule has 2 rings (SSSR count). The fourth-order valence-electron chi connectivity index (χ4n) is 1.46. The minimum Gasteiger partial charge on any atom is -1.00 e. The summed E-state index contributed by atoms with van der Waals surface area (Å²) in [7, 11) is 0. The van der Waals surface area contributed by atoms with Crippen molar-refractivity contribution in [2.45, 2.75) is 0 Å². The molecular weight excluding hydrogens is 450 g/mol. The average Bonchev–Trinajstić information content (AvgIpc) is 2.27. The molecule has 2 heterocycles. The van der Waals surface area contributed by atoms with E-state index in [9.17, 15) is 0 Å². The van der Waals surface area contributed by atoms with Gasteiger partial charge in [0.15, 0.2) is 0 Å². The van der Waals surface area contributed by atoms with Crippen LogP contribution >= 0.6 is 0 Å². The minimum atomic E-state index is 0. The maximum Gasteiger partial charge on any atom is 2.00 e. The van der Waals surface area contributed by atoms with Crippen molar-refractivity contribution in [2.75, 3.05) is 6.54 Å². The van der Waals surface area contributed by atoms with Crippen LogP contribution in [0.15, 0.2) is 65.8 Å². The Bertz CT molecular complexity index is 481. The fourth-order valence-corrected chi connectivity index (χ4v) is 1.46. The molecule has 1 aliphatic rings. The number of hydrogen-bond acceptors (Lipinski definition) is 2. The van der Waals surface area contributed by atoms with Crippen molar-refractivity contribution >= 4 is 5.71 Å². The third kappa shape index (κ3) is 3.91. The molecule has 5 heteroatoms. The van der Waals surface area contributed by atoms with Gasteiger partial charge in [-0.1, -0.05) is 25.8 Å². The van der Waals surface area contributed by atoms with Gasteiger partial charge in [0.2, 0.25) is 0 Å². The van der Waals surface area contributed by atoms with Gasteiger partial charge in [0.1, 0.15) is 0 Å². The summed E-state index contributed by atoms with van der Waals surface area (Å²) < 4.78 is 0. The number of allylic oxidation sites excluding steroid dienone is 1. The van der Waals surface area contributed by atoms with E-state index in [0.717, 1.165) is 28.1 Å². The van der Waals surface area contributed by atoms with Gasteiger partial charge in [-0.25, -0.2) is 0 Å². The van der Waals surface area contributed by atoms with E-state index in [1.54, 1.807) is 6.20 Å². The summed E-state index contributed by atoms with van der Waals surface area (Å²) in [6, 6.07) is 5.74. The summed E-state index contributed by atoms with van der Waals surface area (Å²) in [6.07, 6.45) is 1.75. The number of halogens is 2. The Labute approximate surface area is 134 Å². The predicted octanol–water partition coefficient (Wildman–Crippen LogP) is -3.44. The van der Waals surface area contributed by atoms with Crippen LogP contribution in [0, 0.1) is 0 Å². The number of rotatable bonds is 1. The van der Waals surface area contributed by atoms with Gasteiger partial charge in [0, 0.05) is 11.8 Å². The number of pyridine rings is 1. The summed E-state index contributed by atoms with van der Waals surface area (Å²) >= 11 is 0.